The van der Waals surface area contributed by atoms with Crippen molar-refractivity contribution in [3.8, 4) is 0 Å². The third-order valence-corrected chi connectivity index (χ3v) is 5.78. The summed E-state index contributed by atoms with van der Waals surface area (Å²) >= 11 is 0. The summed E-state index contributed by atoms with van der Waals surface area (Å²) in [4.78, 5) is 0. The van der Waals surface area contributed by atoms with E-state index in [0.717, 1.165) is 24.8 Å². The van der Waals surface area contributed by atoms with E-state index in [-0.39, 0.29) is 17.0 Å². The van der Waals surface area contributed by atoms with Gasteiger partial charge in [-0.15, -0.1) is 5.10 Å². The van der Waals surface area contributed by atoms with Gasteiger partial charge in [0.25, 0.3) is 10.0 Å². The zero-order valence-electron chi connectivity index (χ0n) is 12.7. The highest BCUT2D eigenvalue weighted by Gasteiger charge is 2.30. The van der Waals surface area contributed by atoms with Gasteiger partial charge in [0.2, 0.25) is 0 Å². The van der Waals surface area contributed by atoms with Crippen LogP contribution < -0.4 is 4.72 Å². The quantitative estimate of drug-likeness (QED) is 0.875. The average Bonchev–Trinajstić information content (AvgIpc) is 2.86. The molecule has 2 unspecified atom stereocenters. The molecule has 1 aliphatic rings. The molecular weight excluding hydrogens is 300 g/mol. The standard InChI is InChI=1S/C15H20N4O2S/c1-11-6-5-8-12-7-3-4-9-13(12)15(11)17-22(20,21)14-10-16-18-19(14)2/h3-4,7,9-11,15,17H,5-6,8H2,1-2H3. The first kappa shape index (κ1) is 15.2. The molecule has 2 aromatic rings. The molecule has 6 nitrogen and oxygen atoms in total. The number of hydrogen-bond acceptors (Lipinski definition) is 4. The summed E-state index contributed by atoms with van der Waals surface area (Å²) in [5.41, 5.74) is 2.30. The molecule has 1 aliphatic carbocycles. The first-order valence-corrected chi connectivity index (χ1v) is 8.92. The van der Waals surface area contributed by atoms with Crippen molar-refractivity contribution in [3.05, 3.63) is 41.6 Å². The van der Waals surface area contributed by atoms with Gasteiger partial charge in [-0.05, 0) is 36.3 Å². The lowest BCUT2D eigenvalue weighted by Crippen LogP contribution is -2.33. The molecule has 1 aromatic carbocycles. The van der Waals surface area contributed by atoms with Gasteiger partial charge in [0.15, 0.2) is 5.03 Å². The van der Waals surface area contributed by atoms with Crippen molar-refractivity contribution < 1.29 is 8.42 Å². The van der Waals surface area contributed by atoms with Crippen LogP contribution in [-0.4, -0.2) is 23.4 Å². The Morgan fingerprint density at radius 3 is 2.82 bits per heavy atom. The van der Waals surface area contributed by atoms with Gasteiger partial charge in [-0.3, -0.25) is 0 Å². The fraction of sp³-hybridized carbons (Fsp3) is 0.467. The number of rotatable bonds is 3. The Morgan fingerprint density at radius 2 is 2.09 bits per heavy atom. The molecule has 0 bridgehead atoms. The largest absolute Gasteiger partial charge is 0.259 e. The Bertz CT molecular complexity index is 769. The van der Waals surface area contributed by atoms with Crippen LogP contribution in [0.4, 0.5) is 0 Å². The molecule has 3 rings (SSSR count). The normalized spacial score (nSPS) is 22.1. The third-order valence-electron chi connectivity index (χ3n) is 4.30. The van der Waals surface area contributed by atoms with Crippen LogP contribution in [0.25, 0.3) is 0 Å². The number of benzene rings is 1. The number of nitrogens with one attached hydrogen (secondary N) is 1. The van der Waals surface area contributed by atoms with E-state index < -0.39 is 10.0 Å². The van der Waals surface area contributed by atoms with Crippen LogP contribution >= 0.6 is 0 Å². The smallest absolute Gasteiger partial charge is 0.236 e. The van der Waals surface area contributed by atoms with Crippen LogP contribution in [0.5, 0.6) is 0 Å². The summed E-state index contributed by atoms with van der Waals surface area (Å²) < 4.78 is 29.4. The van der Waals surface area contributed by atoms with E-state index in [2.05, 4.69) is 28.0 Å². The maximum atomic E-state index is 12.6. The fourth-order valence-electron chi connectivity index (χ4n) is 3.08. The van der Waals surface area contributed by atoms with E-state index in [1.54, 1.807) is 7.05 Å². The summed E-state index contributed by atoms with van der Waals surface area (Å²) in [6.07, 6.45) is 4.33. The van der Waals surface area contributed by atoms with Crippen LogP contribution in [0.15, 0.2) is 35.5 Å². The van der Waals surface area contributed by atoms with Crippen molar-refractivity contribution in [2.24, 2.45) is 13.0 Å². The highest BCUT2D eigenvalue weighted by molar-refractivity contribution is 7.89. The predicted octanol–water partition coefficient (Wildman–Crippen LogP) is 1.81. The molecule has 0 saturated heterocycles. The van der Waals surface area contributed by atoms with Crippen LogP contribution in [0.1, 0.15) is 36.9 Å². The van der Waals surface area contributed by atoms with Crippen molar-refractivity contribution in [3.63, 3.8) is 0 Å². The molecular formula is C15H20N4O2S. The molecule has 0 fully saturated rings. The zero-order valence-corrected chi connectivity index (χ0v) is 13.5. The van der Waals surface area contributed by atoms with Crippen LogP contribution in [0.3, 0.4) is 0 Å². The van der Waals surface area contributed by atoms with Gasteiger partial charge in [-0.2, -0.15) is 0 Å². The first-order valence-electron chi connectivity index (χ1n) is 7.44. The molecule has 1 heterocycles. The molecule has 0 radical (unpaired) electrons. The lowest BCUT2D eigenvalue weighted by Gasteiger charge is -2.24. The molecule has 118 valence electrons. The van der Waals surface area contributed by atoms with Gasteiger partial charge >= 0.3 is 0 Å². The Morgan fingerprint density at radius 1 is 1.32 bits per heavy atom. The van der Waals surface area contributed by atoms with Gasteiger partial charge in [-0.1, -0.05) is 36.4 Å². The average molecular weight is 320 g/mol. The minimum atomic E-state index is -3.65. The van der Waals surface area contributed by atoms with Gasteiger partial charge in [0, 0.05) is 13.1 Å². The third kappa shape index (κ3) is 2.78. The highest BCUT2D eigenvalue weighted by Crippen LogP contribution is 2.33. The molecule has 7 heteroatoms. The number of nitrogens with zero attached hydrogens (tertiary/aromatic N) is 3. The minimum absolute atomic E-state index is 0.0847. The Kier molecular flexibility index (Phi) is 4.01. The molecule has 2 atom stereocenters. The highest BCUT2D eigenvalue weighted by atomic mass is 32.2. The SMILES string of the molecule is CC1CCCc2ccccc2C1NS(=O)(=O)c1cnnn1C. The number of sulfonamides is 1. The number of aromatic nitrogens is 3. The van der Waals surface area contributed by atoms with Gasteiger partial charge in [-0.25, -0.2) is 17.8 Å². The minimum Gasteiger partial charge on any atom is -0.236 e. The van der Waals surface area contributed by atoms with Crippen LogP contribution in [-0.2, 0) is 23.5 Å². The van der Waals surface area contributed by atoms with Crippen molar-refractivity contribution in [1.29, 1.82) is 0 Å². The van der Waals surface area contributed by atoms with E-state index in [1.165, 1.54) is 16.4 Å². The van der Waals surface area contributed by atoms with Crippen molar-refractivity contribution in [1.82, 2.24) is 19.7 Å². The molecule has 1 N–H and O–H groups in total. The molecule has 0 amide bonds. The topological polar surface area (TPSA) is 76.9 Å². The van der Waals surface area contributed by atoms with E-state index in [4.69, 9.17) is 0 Å². The van der Waals surface area contributed by atoms with E-state index in [9.17, 15) is 8.42 Å². The molecule has 0 aliphatic heterocycles. The van der Waals surface area contributed by atoms with Gasteiger partial charge < -0.3 is 0 Å². The second kappa shape index (κ2) is 5.81. The Hall–Kier alpha value is -1.73. The van der Waals surface area contributed by atoms with Crippen LogP contribution in [0, 0.1) is 5.92 Å². The monoisotopic (exact) mass is 320 g/mol. The second-order valence-electron chi connectivity index (χ2n) is 5.86. The number of hydrogen-bond donors (Lipinski definition) is 1. The van der Waals surface area contributed by atoms with Crippen molar-refractivity contribution in [2.75, 3.05) is 0 Å². The van der Waals surface area contributed by atoms with E-state index in [0.29, 0.717) is 0 Å². The van der Waals surface area contributed by atoms with Crippen molar-refractivity contribution >= 4 is 10.0 Å². The Balaban J connectivity index is 1.98. The summed E-state index contributed by atoms with van der Waals surface area (Å²) in [7, 11) is -2.08. The first-order chi connectivity index (χ1) is 10.5. The maximum Gasteiger partial charge on any atom is 0.259 e. The van der Waals surface area contributed by atoms with E-state index >= 15 is 0 Å². The Labute approximate surface area is 130 Å². The fourth-order valence-corrected chi connectivity index (χ4v) is 4.47. The van der Waals surface area contributed by atoms with Crippen molar-refractivity contribution in [2.45, 2.75) is 37.3 Å². The van der Waals surface area contributed by atoms with Gasteiger partial charge in [0.1, 0.15) is 0 Å². The number of aryl methyl sites for hydroxylation is 2. The van der Waals surface area contributed by atoms with Gasteiger partial charge in [0.05, 0.1) is 6.20 Å². The summed E-state index contributed by atoms with van der Waals surface area (Å²) in [6.45, 7) is 2.09. The predicted molar refractivity (Wildman–Crippen MR) is 82.6 cm³/mol. The van der Waals surface area contributed by atoms with E-state index in [1.807, 2.05) is 18.2 Å². The number of fused-ring (bicyclic) bond motifs is 1. The molecule has 0 spiro atoms. The summed E-state index contributed by atoms with van der Waals surface area (Å²) in [5, 5.41) is 7.45. The summed E-state index contributed by atoms with van der Waals surface area (Å²) in [6, 6.07) is 7.85. The zero-order chi connectivity index (χ0) is 15.7. The second-order valence-corrected chi connectivity index (χ2v) is 7.52. The lowest BCUT2D eigenvalue weighted by molar-refractivity contribution is 0.408. The molecule has 1 aromatic heterocycles. The summed E-state index contributed by atoms with van der Waals surface area (Å²) in [5.74, 6) is 0.236. The molecule has 0 saturated carbocycles. The lowest BCUT2D eigenvalue weighted by atomic mass is 9.93. The molecule has 22 heavy (non-hydrogen) atoms. The maximum absolute atomic E-state index is 12.6. The van der Waals surface area contributed by atoms with Crippen LogP contribution in [0.2, 0.25) is 0 Å².